The predicted molar refractivity (Wildman–Crippen MR) is 101 cm³/mol. The fraction of sp³-hybridized carbons (Fsp3) is 0.400. The summed E-state index contributed by atoms with van der Waals surface area (Å²) in [7, 11) is 2.12. The summed E-state index contributed by atoms with van der Waals surface area (Å²) in [5, 5.41) is 20.5. The normalized spacial score (nSPS) is 24.8. The highest BCUT2D eigenvalue weighted by molar-refractivity contribution is 9.09. The van der Waals surface area contributed by atoms with Crippen molar-refractivity contribution < 1.29 is 10.2 Å². The van der Waals surface area contributed by atoms with E-state index < -0.39 is 0 Å². The van der Waals surface area contributed by atoms with E-state index in [1.807, 2.05) is 6.07 Å². The number of likely N-dealkylation sites (tertiary alicyclic amines) is 1. The summed E-state index contributed by atoms with van der Waals surface area (Å²) >= 11 is 3.89. The highest BCUT2D eigenvalue weighted by Crippen LogP contribution is 2.47. The van der Waals surface area contributed by atoms with Crippen molar-refractivity contribution in [2.45, 2.75) is 29.5 Å². The molecule has 1 aliphatic heterocycles. The Morgan fingerprint density at radius 3 is 2.62 bits per heavy atom. The topological polar surface area (TPSA) is 43.7 Å². The molecule has 2 aromatic carbocycles. The molecule has 3 nitrogen and oxygen atoms in total. The predicted octanol–water partition coefficient (Wildman–Crippen LogP) is 4.07. The van der Waals surface area contributed by atoms with Crippen LogP contribution in [0.25, 0.3) is 0 Å². The van der Waals surface area contributed by atoms with Crippen LogP contribution in [-0.2, 0) is 11.8 Å². The second kappa shape index (κ2) is 7.16. The zero-order valence-corrected chi connectivity index (χ0v) is 15.5. The number of phenolic OH excluding ortho intramolecular Hbond substituents is 2. The summed E-state index contributed by atoms with van der Waals surface area (Å²) < 4.78 is 0. The van der Waals surface area contributed by atoms with Gasteiger partial charge in [-0.2, -0.15) is 0 Å². The number of hydrogen-bond acceptors (Lipinski definition) is 3. The molecule has 0 radical (unpaired) electrons. The zero-order valence-electron chi connectivity index (χ0n) is 14.0. The summed E-state index contributed by atoms with van der Waals surface area (Å²) in [6.45, 7) is 1.90. The van der Waals surface area contributed by atoms with Gasteiger partial charge in [0.25, 0.3) is 0 Å². The summed E-state index contributed by atoms with van der Waals surface area (Å²) in [4.78, 5) is 2.53. The Balaban J connectivity index is 1.96. The molecule has 1 fully saturated rings. The summed E-state index contributed by atoms with van der Waals surface area (Å²) in [5.41, 5.74) is 1.97. The van der Waals surface area contributed by atoms with Gasteiger partial charge in [-0.25, -0.2) is 0 Å². The fourth-order valence-electron chi connectivity index (χ4n) is 3.74. The third-order valence-corrected chi connectivity index (χ3v) is 6.40. The monoisotopic (exact) mass is 389 g/mol. The Hall–Kier alpha value is -1.52. The first-order chi connectivity index (χ1) is 11.5. The minimum Gasteiger partial charge on any atom is -0.508 e. The van der Waals surface area contributed by atoms with Gasteiger partial charge in [0.05, 0.1) is 0 Å². The van der Waals surface area contributed by atoms with Crippen LogP contribution in [0.15, 0.2) is 48.5 Å². The van der Waals surface area contributed by atoms with Crippen molar-refractivity contribution in [2.24, 2.45) is 0 Å². The van der Waals surface area contributed by atoms with Crippen molar-refractivity contribution in [3.63, 3.8) is 0 Å². The van der Waals surface area contributed by atoms with Crippen molar-refractivity contribution in [3.05, 3.63) is 59.7 Å². The molecule has 1 saturated heterocycles. The SMILES string of the molecule is CN1CC[C@@](CCc2ccccc2)(c2cc(O)ccc2O)[C@@H](Br)C1. The molecule has 0 unspecified atom stereocenters. The molecule has 4 heteroatoms. The van der Waals surface area contributed by atoms with Gasteiger partial charge in [-0.05, 0) is 56.6 Å². The number of halogens is 1. The molecule has 0 aliphatic carbocycles. The number of rotatable bonds is 4. The third-order valence-electron chi connectivity index (χ3n) is 5.23. The highest BCUT2D eigenvalue weighted by Gasteiger charge is 2.43. The van der Waals surface area contributed by atoms with E-state index in [1.165, 1.54) is 5.56 Å². The summed E-state index contributed by atoms with van der Waals surface area (Å²) in [5.74, 6) is 0.482. The lowest BCUT2D eigenvalue weighted by molar-refractivity contribution is 0.186. The smallest absolute Gasteiger partial charge is 0.119 e. The maximum atomic E-state index is 10.5. The van der Waals surface area contributed by atoms with Gasteiger partial charge >= 0.3 is 0 Å². The van der Waals surface area contributed by atoms with E-state index >= 15 is 0 Å². The number of aromatic hydroxyl groups is 2. The molecule has 24 heavy (non-hydrogen) atoms. The van der Waals surface area contributed by atoms with Crippen LogP contribution in [0.5, 0.6) is 11.5 Å². The fourth-order valence-corrected chi connectivity index (χ4v) is 4.94. The minimum atomic E-state index is -0.189. The first-order valence-electron chi connectivity index (χ1n) is 8.40. The van der Waals surface area contributed by atoms with Crippen LogP contribution in [0, 0.1) is 0 Å². The van der Waals surface area contributed by atoms with Crippen LogP contribution in [0.4, 0.5) is 0 Å². The third kappa shape index (κ3) is 3.45. The largest absolute Gasteiger partial charge is 0.508 e. The quantitative estimate of drug-likeness (QED) is 0.611. The van der Waals surface area contributed by atoms with Gasteiger partial charge in [0.15, 0.2) is 0 Å². The van der Waals surface area contributed by atoms with Crippen LogP contribution in [0.3, 0.4) is 0 Å². The van der Waals surface area contributed by atoms with E-state index in [0.717, 1.165) is 37.9 Å². The summed E-state index contributed by atoms with van der Waals surface area (Å²) in [6, 6.07) is 15.3. The first-order valence-corrected chi connectivity index (χ1v) is 9.32. The van der Waals surface area contributed by atoms with Crippen molar-refractivity contribution in [1.29, 1.82) is 0 Å². The number of piperidine rings is 1. The molecule has 0 bridgehead atoms. The minimum absolute atomic E-state index is 0.189. The molecular weight excluding hydrogens is 366 g/mol. The molecule has 0 aromatic heterocycles. The van der Waals surface area contributed by atoms with Gasteiger partial charge in [0.1, 0.15) is 11.5 Å². The van der Waals surface area contributed by atoms with E-state index in [9.17, 15) is 10.2 Å². The Morgan fingerprint density at radius 2 is 1.92 bits per heavy atom. The van der Waals surface area contributed by atoms with Gasteiger partial charge in [-0.15, -0.1) is 0 Å². The van der Waals surface area contributed by atoms with E-state index in [0.29, 0.717) is 0 Å². The molecule has 1 heterocycles. The number of nitrogens with zero attached hydrogens (tertiary/aromatic N) is 1. The number of alkyl halides is 1. The molecule has 0 spiro atoms. The molecule has 0 amide bonds. The lowest BCUT2D eigenvalue weighted by atomic mass is 9.69. The van der Waals surface area contributed by atoms with E-state index in [-0.39, 0.29) is 21.7 Å². The highest BCUT2D eigenvalue weighted by atomic mass is 79.9. The van der Waals surface area contributed by atoms with Crippen molar-refractivity contribution >= 4 is 15.9 Å². The number of phenols is 2. The van der Waals surface area contributed by atoms with E-state index in [4.69, 9.17) is 0 Å². The van der Waals surface area contributed by atoms with Crippen molar-refractivity contribution in [1.82, 2.24) is 4.90 Å². The van der Waals surface area contributed by atoms with Crippen molar-refractivity contribution in [2.75, 3.05) is 20.1 Å². The van der Waals surface area contributed by atoms with Crippen LogP contribution >= 0.6 is 15.9 Å². The Morgan fingerprint density at radius 1 is 1.17 bits per heavy atom. The second-order valence-electron chi connectivity index (χ2n) is 6.82. The second-order valence-corrected chi connectivity index (χ2v) is 7.93. The average Bonchev–Trinajstić information content (AvgIpc) is 2.58. The molecule has 2 atom stereocenters. The van der Waals surface area contributed by atoms with E-state index in [2.05, 4.69) is 52.1 Å². The van der Waals surface area contributed by atoms with Gasteiger partial charge in [0, 0.05) is 22.4 Å². The van der Waals surface area contributed by atoms with Gasteiger partial charge in [-0.1, -0.05) is 46.3 Å². The van der Waals surface area contributed by atoms with Crippen LogP contribution in [0.2, 0.25) is 0 Å². The number of hydrogen-bond donors (Lipinski definition) is 2. The van der Waals surface area contributed by atoms with Gasteiger partial charge < -0.3 is 15.1 Å². The lowest BCUT2D eigenvalue weighted by Crippen LogP contribution is -2.49. The molecule has 2 aromatic rings. The molecule has 1 aliphatic rings. The van der Waals surface area contributed by atoms with Crippen LogP contribution < -0.4 is 0 Å². The molecule has 128 valence electrons. The standard InChI is InChI=1S/C20H24BrNO2/c1-22-12-11-20(19(21)14-22,10-9-15-5-3-2-4-6-15)17-13-16(23)7-8-18(17)24/h2-8,13,19,23-24H,9-12,14H2,1H3/t19-,20-/m0/s1. The zero-order chi connectivity index (χ0) is 17.2. The maximum Gasteiger partial charge on any atom is 0.119 e. The van der Waals surface area contributed by atoms with Gasteiger partial charge in [0.2, 0.25) is 0 Å². The molecular formula is C20H24BrNO2. The maximum absolute atomic E-state index is 10.5. The van der Waals surface area contributed by atoms with Gasteiger partial charge in [-0.3, -0.25) is 0 Å². The van der Waals surface area contributed by atoms with Crippen molar-refractivity contribution in [3.8, 4) is 11.5 Å². The van der Waals surface area contributed by atoms with Crippen LogP contribution in [-0.4, -0.2) is 40.1 Å². The number of aryl methyl sites for hydroxylation is 1. The Labute approximate surface area is 152 Å². The molecule has 2 N–H and O–H groups in total. The summed E-state index contributed by atoms with van der Waals surface area (Å²) in [6.07, 6.45) is 2.82. The Bertz CT molecular complexity index is 691. The first kappa shape index (κ1) is 17.3. The molecule has 3 rings (SSSR count). The van der Waals surface area contributed by atoms with Crippen LogP contribution in [0.1, 0.15) is 24.0 Å². The average molecular weight is 390 g/mol. The molecule has 0 saturated carbocycles. The number of benzene rings is 2. The van der Waals surface area contributed by atoms with E-state index in [1.54, 1.807) is 18.2 Å². The Kier molecular flexibility index (Phi) is 5.16. The lowest BCUT2D eigenvalue weighted by Gasteiger charge is -2.45.